The number of carbonyl (C=O) groups is 1. The summed E-state index contributed by atoms with van der Waals surface area (Å²) in [5, 5.41) is 4.13. The lowest BCUT2D eigenvalue weighted by Crippen LogP contribution is -2.52. The molecule has 1 N–H and O–H groups in total. The molecule has 7 heteroatoms. The number of amides is 1. The number of ether oxygens (including phenoxy) is 1. The van der Waals surface area contributed by atoms with Crippen molar-refractivity contribution in [3.05, 3.63) is 28.2 Å². The van der Waals surface area contributed by atoms with Crippen LogP contribution >= 0.6 is 35.6 Å². The minimum Gasteiger partial charge on any atom is -0.481 e. The van der Waals surface area contributed by atoms with Crippen molar-refractivity contribution in [2.45, 2.75) is 37.8 Å². The highest BCUT2D eigenvalue weighted by Gasteiger charge is 2.29. The molecular formula is C16H23Cl3N2O2. The average molecular weight is 382 g/mol. The van der Waals surface area contributed by atoms with Gasteiger partial charge >= 0.3 is 0 Å². The van der Waals surface area contributed by atoms with E-state index in [1.807, 2.05) is 14.1 Å². The maximum Gasteiger partial charge on any atom is 0.260 e. The van der Waals surface area contributed by atoms with Gasteiger partial charge < -0.3 is 15.0 Å². The van der Waals surface area contributed by atoms with E-state index in [1.165, 1.54) is 6.42 Å². The van der Waals surface area contributed by atoms with E-state index in [0.29, 0.717) is 21.8 Å². The van der Waals surface area contributed by atoms with E-state index < -0.39 is 0 Å². The first-order valence-electron chi connectivity index (χ1n) is 7.54. The van der Waals surface area contributed by atoms with Gasteiger partial charge in [0.05, 0.1) is 10.0 Å². The quantitative estimate of drug-likeness (QED) is 0.844. The Balaban J connectivity index is 0.00000264. The Morgan fingerprint density at radius 3 is 2.52 bits per heavy atom. The Kier molecular flexibility index (Phi) is 8.48. The molecule has 2 atom stereocenters. The molecule has 1 aromatic rings. The zero-order valence-corrected chi connectivity index (χ0v) is 15.7. The lowest BCUT2D eigenvalue weighted by Gasteiger charge is -2.37. The van der Waals surface area contributed by atoms with Crippen LogP contribution in [0.2, 0.25) is 10.0 Å². The number of likely N-dealkylation sites (N-methyl/N-ethyl adjacent to an activating group) is 2. The molecule has 1 aliphatic carbocycles. The number of benzene rings is 1. The maximum absolute atomic E-state index is 12.4. The van der Waals surface area contributed by atoms with E-state index in [4.69, 9.17) is 27.9 Å². The fraction of sp³-hybridized carbons (Fsp3) is 0.562. The molecular weight excluding hydrogens is 359 g/mol. The molecule has 1 aliphatic rings. The third-order valence-electron chi connectivity index (χ3n) is 4.25. The van der Waals surface area contributed by atoms with E-state index >= 15 is 0 Å². The van der Waals surface area contributed by atoms with Crippen molar-refractivity contribution in [3.63, 3.8) is 0 Å². The van der Waals surface area contributed by atoms with Gasteiger partial charge in [0, 0.05) is 19.1 Å². The first-order chi connectivity index (χ1) is 10.5. The third kappa shape index (κ3) is 5.15. The Labute approximate surface area is 153 Å². The minimum absolute atomic E-state index is 0. The fourth-order valence-electron chi connectivity index (χ4n) is 2.95. The largest absolute Gasteiger partial charge is 0.481 e. The van der Waals surface area contributed by atoms with E-state index in [1.54, 1.807) is 23.1 Å². The van der Waals surface area contributed by atoms with Crippen molar-refractivity contribution in [1.29, 1.82) is 0 Å². The summed E-state index contributed by atoms with van der Waals surface area (Å²) >= 11 is 12.1. The molecule has 2 rings (SSSR count). The number of nitrogens with one attached hydrogen (secondary N) is 1. The van der Waals surface area contributed by atoms with Gasteiger partial charge in [-0.2, -0.15) is 0 Å². The smallest absolute Gasteiger partial charge is 0.260 e. The second kappa shape index (κ2) is 9.58. The van der Waals surface area contributed by atoms with Gasteiger partial charge in [-0.25, -0.2) is 0 Å². The zero-order chi connectivity index (χ0) is 16.1. The molecule has 1 fully saturated rings. The number of rotatable bonds is 5. The summed E-state index contributed by atoms with van der Waals surface area (Å²) in [7, 11) is 3.78. The van der Waals surface area contributed by atoms with Gasteiger partial charge in [-0.3, -0.25) is 4.79 Å². The number of halogens is 3. The van der Waals surface area contributed by atoms with Gasteiger partial charge in [0.2, 0.25) is 0 Å². The second-order valence-corrected chi connectivity index (χ2v) is 6.41. The standard InChI is InChI=1S/C16H22Cl2N2O2.ClH/c1-19-13-8-3-4-9-14(13)20(2)15(21)10-22-16-11(17)6-5-7-12(16)18;/h5-7,13-14,19H,3-4,8-10H2,1-2H3;1H. The van der Waals surface area contributed by atoms with Crippen LogP contribution in [0.15, 0.2) is 18.2 Å². The topological polar surface area (TPSA) is 41.6 Å². The van der Waals surface area contributed by atoms with Crippen LogP contribution in [-0.2, 0) is 4.79 Å². The SMILES string of the molecule is CNC1CCCCC1N(C)C(=O)COc1c(Cl)cccc1Cl.Cl. The van der Waals surface area contributed by atoms with Gasteiger partial charge in [0.1, 0.15) is 0 Å². The molecule has 1 amide bonds. The highest BCUT2D eigenvalue weighted by molar-refractivity contribution is 6.37. The predicted molar refractivity (Wildman–Crippen MR) is 97.1 cm³/mol. The van der Waals surface area contributed by atoms with Crippen LogP contribution in [0.1, 0.15) is 25.7 Å². The molecule has 0 bridgehead atoms. The third-order valence-corrected chi connectivity index (χ3v) is 4.85. The molecule has 0 spiro atoms. The Bertz CT molecular complexity index is 508. The first-order valence-corrected chi connectivity index (χ1v) is 8.30. The summed E-state index contributed by atoms with van der Waals surface area (Å²) in [4.78, 5) is 14.2. The van der Waals surface area contributed by atoms with Crippen molar-refractivity contribution in [2.24, 2.45) is 0 Å². The number of carbonyl (C=O) groups excluding carboxylic acids is 1. The van der Waals surface area contributed by atoms with Crippen LogP contribution in [0.5, 0.6) is 5.75 Å². The molecule has 130 valence electrons. The first kappa shape index (κ1) is 20.4. The number of hydrogen-bond donors (Lipinski definition) is 1. The average Bonchev–Trinajstić information content (AvgIpc) is 2.53. The lowest BCUT2D eigenvalue weighted by atomic mass is 9.89. The van der Waals surface area contributed by atoms with Crippen LogP contribution in [0.3, 0.4) is 0 Å². The predicted octanol–water partition coefficient (Wildman–Crippen LogP) is 3.78. The normalized spacial score (nSPS) is 20.5. The van der Waals surface area contributed by atoms with Gasteiger partial charge in [0.15, 0.2) is 12.4 Å². The van der Waals surface area contributed by atoms with Gasteiger partial charge in [-0.1, -0.05) is 42.1 Å². The number of nitrogens with zero attached hydrogens (tertiary/aromatic N) is 1. The minimum atomic E-state index is -0.0665. The highest BCUT2D eigenvalue weighted by Crippen LogP contribution is 2.32. The number of hydrogen-bond acceptors (Lipinski definition) is 3. The van der Waals surface area contributed by atoms with Crippen molar-refractivity contribution in [2.75, 3.05) is 20.7 Å². The molecule has 0 radical (unpaired) electrons. The van der Waals surface area contributed by atoms with E-state index in [2.05, 4.69) is 5.32 Å². The van der Waals surface area contributed by atoms with Crippen LogP contribution in [0, 0.1) is 0 Å². The van der Waals surface area contributed by atoms with Crippen molar-refractivity contribution >= 4 is 41.5 Å². The summed E-state index contributed by atoms with van der Waals surface area (Å²) in [6, 6.07) is 5.66. The molecule has 23 heavy (non-hydrogen) atoms. The molecule has 1 saturated carbocycles. The molecule has 0 saturated heterocycles. The monoisotopic (exact) mass is 380 g/mol. The van der Waals surface area contributed by atoms with Crippen LogP contribution in [0.25, 0.3) is 0 Å². The fourth-order valence-corrected chi connectivity index (χ4v) is 3.46. The number of para-hydroxylation sites is 1. The van der Waals surface area contributed by atoms with Gasteiger partial charge in [0.25, 0.3) is 5.91 Å². The summed E-state index contributed by atoms with van der Waals surface area (Å²) in [6.07, 6.45) is 4.46. The molecule has 0 aromatic heterocycles. The molecule has 0 heterocycles. The second-order valence-electron chi connectivity index (χ2n) is 5.59. The zero-order valence-electron chi connectivity index (χ0n) is 13.4. The van der Waals surface area contributed by atoms with Crippen LogP contribution in [0.4, 0.5) is 0 Å². The van der Waals surface area contributed by atoms with Crippen molar-refractivity contribution in [1.82, 2.24) is 10.2 Å². The van der Waals surface area contributed by atoms with Crippen LogP contribution < -0.4 is 10.1 Å². The maximum atomic E-state index is 12.4. The Morgan fingerprint density at radius 2 is 1.91 bits per heavy atom. The van der Waals surface area contributed by atoms with Gasteiger partial charge in [-0.15, -0.1) is 12.4 Å². The van der Waals surface area contributed by atoms with E-state index in [-0.39, 0.29) is 31.0 Å². The van der Waals surface area contributed by atoms with Gasteiger partial charge in [-0.05, 0) is 32.0 Å². The summed E-state index contributed by atoms with van der Waals surface area (Å²) in [5.41, 5.74) is 0. The van der Waals surface area contributed by atoms with E-state index in [0.717, 1.165) is 19.3 Å². The summed E-state index contributed by atoms with van der Waals surface area (Å²) < 4.78 is 5.53. The molecule has 4 nitrogen and oxygen atoms in total. The molecule has 0 aliphatic heterocycles. The van der Waals surface area contributed by atoms with Crippen molar-refractivity contribution in [3.8, 4) is 5.75 Å². The Morgan fingerprint density at radius 1 is 1.30 bits per heavy atom. The highest BCUT2D eigenvalue weighted by atomic mass is 35.5. The van der Waals surface area contributed by atoms with Crippen molar-refractivity contribution < 1.29 is 9.53 Å². The molecule has 1 aromatic carbocycles. The lowest BCUT2D eigenvalue weighted by molar-refractivity contribution is -0.135. The van der Waals surface area contributed by atoms with E-state index in [9.17, 15) is 4.79 Å². The summed E-state index contributed by atoms with van der Waals surface area (Å²) in [6.45, 7) is -0.0626. The summed E-state index contributed by atoms with van der Waals surface area (Å²) in [5.74, 6) is 0.296. The molecule has 2 unspecified atom stereocenters. The van der Waals surface area contributed by atoms with Crippen LogP contribution in [-0.4, -0.2) is 43.6 Å². The Hall–Kier alpha value is -0.680.